The second-order valence-electron chi connectivity index (χ2n) is 4.76. The van der Waals surface area contributed by atoms with Gasteiger partial charge in [-0.05, 0) is 26.3 Å². The highest BCUT2D eigenvalue weighted by molar-refractivity contribution is 5.81. The number of ether oxygens (including phenoxy) is 1. The molecule has 0 radical (unpaired) electrons. The van der Waals surface area contributed by atoms with Gasteiger partial charge in [0.1, 0.15) is 6.61 Å². The zero-order valence-corrected chi connectivity index (χ0v) is 12.6. The molecule has 0 amide bonds. The van der Waals surface area contributed by atoms with E-state index < -0.39 is 0 Å². The third kappa shape index (κ3) is 10.7. The summed E-state index contributed by atoms with van der Waals surface area (Å²) >= 11 is 0. The Labute approximate surface area is 117 Å². The lowest BCUT2D eigenvalue weighted by molar-refractivity contribution is -0.138. The molecule has 4 heteroatoms. The Morgan fingerprint density at radius 3 is 2.63 bits per heavy atom. The first-order valence-electron chi connectivity index (χ1n) is 7.33. The highest BCUT2D eigenvalue weighted by Crippen LogP contribution is 2.02. The number of nitrogens with zero attached hydrogens (tertiary/aromatic N) is 1. The van der Waals surface area contributed by atoms with Crippen molar-refractivity contribution in [3.8, 4) is 0 Å². The number of allylic oxidation sites excluding steroid dienone is 1. The van der Waals surface area contributed by atoms with Crippen molar-refractivity contribution >= 4 is 5.97 Å². The highest BCUT2D eigenvalue weighted by atomic mass is 16.5. The summed E-state index contributed by atoms with van der Waals surface area (Å²) in [4.78, 5) is 13.4. The Hall–Kier alpha value is -0.870. The molecule has 0 aliphatic carbocycles. The number of aliphatic hydroxyl groups is 1. The molecule has 0 saturated carbocycles. The Morgan fingerprint density at radius 1 is 1.32 bits per heavy atom. The van der Waals surface area contributed by atoms with Crippen LogP contribution in [0.3, 0.4) is 0 Å². The van der Waals surface area contributed by atoms with Gasteiger partial charge in [0.15, 0.2) is 0 Å². The van der Waals surface area contributed by atoms with Crippen molar-refractivity contribution in [1.82, 2.24) is 4.90 Å². The number of aliphatic hydroxyl groups excluding tert-OH is 1. The number of rotatable bonds is 11. The average molecular weight is 271 g/mol. The fourth-order valence-corrected chi connectivity index (χ4v) is 1.86. The van der Waals surface area contributed by atoms with E-state index in [-0.39, 0.29) is 12.1 Å². The summed E-state index contributed by atoms with van der Waals surface area (Å²) in [6.07, 6.45) is 6.83. The molecule has 1 unspecified atom stereocenters. The van der Waals surface area contributed by atoms with E-state index in [0.29, 0.717) is 19.7 Å². The van der Waals surface area contributed by atoms with Crippen LogP contribution in [0.2, 0.25) is 0 Å². The quantitative estimate of drug-likeness (QED) is 0.463. The summed E-state index contributed by atoms with van der Waals surface area (Å²) in [7, 11) is 0. The van der Waals surface area contributed by atoms with Crippen LogP contribution >= 0.6 is 0 Å². The van der Waals surface area contributed by atoms with Gasteiger partial charge in [-0.3, -0.25) is 4.90 Å². The molecular weight excluding hydrogens is 242 g/mol. The van der Waals surface area contributed by atoms with Crippen LogP contribution in [0.25, 0.3) is 0 Å². The average Bonchev–Trinajstić information content (AvgIpc) is 2.36. The van der Waals surface area contributed by atoms with Gasteiger partial charge < -0.3 is 9.84 Å². The van der Waals surface area contributed by atoms with E-state index in [0.717, 1.165) is 32.2 Å². The molecular formula is C15H29NO3. The minimum absolute atomic E-state index is 0.284. The second kappa shape index (κ2) is 12.2. The summed E-state index contributed by atoms with van der Waals surface area (Å²) in [6.45, 7) is 8.67. The molecule has 0 aliphatic rings. The van der Waals surface area contributed by atoms with Gasteiger partial charge in [0, 0.05) is 19.2 Å². The minimum atomic E-state index is -0.299. The van der Waals surface area contributed by atoms with Gasteiger partial charge in [0.2, 0.25) is 0 Å². The number of carbonyl (C=O) groups excluding carboxylic acids is 1. The molecule has 1 atom stereocenters. The van der Waals surface area contributed by atoms with E-state index in [4.69, 9.17) is 4.74 Å². The fourth-order valence-electron chi connectivity index (χ4n) is 1.86. The third-order valence-electron chi connectivity index (χ3n) is 2.87. The van der Waals surface area contributed by atoms with Crippen LogP contribution in [0.4, 0.5) is 0 Å². The molecule has 0 aromatic carbocycles. The van der Waals surface area contributed by atoms with E-state index >= 15 is 0 Å². The molecule has 0 saturated heterocycles. The van der Waals surface area contributed by atoms with E-state index in [2.05, 4.69) is 18.7 Å². The van der Waals surface area contributed by atoms with Gasteiger partial charge in [-0.25, -0.2) is 4.79 Å². The SMILES string of the molecule is C/C=C/C(=O)OCCN(CCCC)CC(O)CCC. The van der Waals surface area contributed by atoms with Crippen LogP contribution in [0, 0.1) is 0 Å². The van der Waals surface area contributed by atoms with Gasteiger partial charge >= 0.3 is 5.97 Å². The van der Waals surface area contributed by atoms with Crippen molar-refractivity contribution in [1.29, 1.82) is 0 Å². The molecule has 112 valence electrons. The number of carbonyl (C=O) groups is 1. The topological polar surface area (TPSA) is 49.8 Å². The first-order valence-corrected chi connectivity index (χ1v) is 7.33. The van der Waals surface area contributed by atoms with E-state index in [1.807, 2.05) is 0 Å². The van der Waals surface area contributed by atoms with Crippen LogP contribution in [-0.4, -0.2) is 48.3 Å². The predicted octanol–water partition coefficient (Wildman–Crippen LogP) is 2.37. The smallest absolute Gasteiger partial charge is 0.330 e. The maximum absolute atomic E-state index is 11.2. The maximum Gasteiger partial charge on any atom is 0.330 e. The van der Waals surface area contributed by atoms with Gasteiger partial charge in [0.25, 0.3) is 0 Å². The van der Waals surface area contributed by atoms with Crippen LogP contribution in [-0.2, 0) is 9.53 Å². The molecule has 4 nitrogen and oxygen atoms in total. The van der Waals surface area contributed by atoms with Gasteiger partial charge in [-0.15, -0.1) is 0 Å². The molecule has 0 rings (SSSR count). The lowest BCUT2D eigenvalue weighted by Gasteiger charge is -2.24. The van der Waals surface area contributed by atoms with Crippen LogP contribution < -0.4 is 0 Å². The molecule has 0 bridgehead atoms. The fraction of sp³-hybridized carbons (Fsp3) is 0.800. The normalized spacial score (nSPS) is 13.1. The largest absolute Gasteiger partial charge is 0.461 e. The van der Waals surface area contributed by atoms with Crippen molar-refractivity contribution in [3.63, 3.8) is 0 Å². The first kappa shape index (κ1) is 18.1. The summed E-state index contributed by atoms with van der Waals surface area (Å²) in [5, 5.41) is 9.85. The molecule has 19 heavy (non-hydrogen) atoms. The molecule has 0 aliphatic heterocycles. The summed E-state index contributed by atoms with van der Waals surface area (Å²) in [5.74, 6) is -0.299. The Kier molecular flexibility index (Phi) is 11.6. The molecule has 0 aromatic rings. The number of hydrogen-bond acceptors (Lipinski definition) is 4. The van der Waals surface area contributed by atoms with E-state index in [1.165, 1.54) is 6.08 Å². The molecule has 0 aromatic heterocycles. The van der Waals surface area contributed by atoms with Crippen LogP contribution in [0.5, 0.6) is 0 Å². The molecule has 0 heterocycles. The lowest BCUT2D eigenvalue weighted by Crippen LogP contribution is -2.36. The monoisotopic (exact) mass is 271 g/mol. The van der Waals surface area contributed by atoms with Gasteiger partial charge in [0.05, 0.1) is 6.10 Å². The molecule has 1 N–H and O–H groups in total. The summed E-state index contributed by atoms with van der Waals surface area (Å²) < 4.78 is 5.09. The maximum atomic E-state index is 11.2. The number of esters is 1. The minimum Gasteiger partial charge on any atom is -0.461 e. The van der Waals surface area contributed by atoms with E-state index in [1.54, 1.807) is 13.0 Å². The standard InChI is InChI=1S/C15H29NO3/c1-4-7-10-16(13-14(17)8-5-2)11-12-19-15(18)9-6-3/h6,9,14,17H,4-5,7-8,10-13H2,1-3H3/b9-6+. The van der Waals surface area contributed by atoms with Crippen molar-refractivity contribution in [2.24, 2.45) is 0 Å². The van der Waals surface area contributed by atoms with Crippen molar-refractivity contribution in [2.75, 3.05) is 26.2 Å². The lowest BCUT2D eigenvalue weighted by atomic mass is 10.2. The van der Waals surface area contributed by atoms with Crippen LogP contribution in [0.1, 0.15) is 46.5 Å². The van der Waals surface area contributed by atoms with Gasteiger partial charge in [-0.1, -0.05) is 32.8 Å². The highest BCUT2D eigenvalue weighted by Gasteiger charge is 2.11. The number of hydrogen-bond donors (Lipinski definition) is 1. The number of unbranched alkanes of at least 4 members (excludes halogenated alkanes) is 1. The third-order valence-corrected chi connectivity index (χ3v) is 2.87. The van der Waals surface area contributed by atoms with E-state index in [9.17, 15) is 9.90 Å². The van der Waals surface area contributed by atoms with Crippen molar-refractivity contribution < 1.29 is 14.6 Å². The molecule has 0 fully saturated rings. The summed E-state index contributed by atoms with van der Waals surface area (Å²) in [5.41, 5.74) is 0. The Balaban J connectivity index is 4.01. The first-order chi connectivity index (χ1) is 9.13. The molecule has 0 spiro atoms. The zero-order valence-electron chi connectivity index (χ0n) is 12.6. The Morgan fingerprint density at radius 2 is 2.05 bits per heavy atom. The van der Waals surface area contributed by atoms with Crippen molar-refractivity contribution in [2.45, 2.75) is 52.6 Å². The zero-order chi connectivity index (χ0) is 14.5. The van der Waals surface area contributed by atoms with Crippen LogP contribution in [0.15, 0.2) is 12.2 Å². The summed E-state index contributed by atoms with van der Waals surface area (Å²) in [6, 6.07) is 0. The Bertz CT molecular complexity index is 254. The predicted molar refractivity (Wildman–Crippen MR) is 78.0 cm³/mol. The second-order valence-corrected chi connectivity index (χ2v) is 4.76. The van der Waals surface area contributed by atoms with Gasteiger partial charge in [-0.2, -0.15) is 0 Å². The van der Waals surface area contributed by atoms with Crippen molar-refractivity contribution in [3.05, 3.63) is 12.2 Å².